The fraction of sp³-hybridized carbons (Fsp3) is 0.750. The van der Waals surface area contributed by atoms with Gasteiger partial charge in [-0.25, -0.2) is 4.98 Å². The maximum atomic E-state index is 4.57. The zero-order chi connectivity index (χ0) is 11.5. The molecule has 0 saturated carbocycles. The van der Waals surface area contributed by atoms with Crippen LogP contribution in [0.5, 0.6) is 0 Å². The molecule has 1 aromatic heterocycles. The van der Waals surface area contributed by atoms with E-state index in [4.69, 9.17) is 0 Å². The summed E-state index contributed by atoms with van der Waals surface area (Å²) in [5.41, 5.74) is 0. The Morgan fingerprint density at radius 3 is 2.56 bits per heavy atom. The summed E-state index contributed by atoms with van der Waals surface area (Å²) in [6.07, 6.45) is 2.05. The van der Waals surface area contributed by atoms with Crippen molar-refractivity contribution in [1.29, 1.82) is 0 Å². The second-order valence-corrected chi connectivity index (χ2v) is 5.81. The number of nitrogens with zero attached hydrogens (tertiary/aromatic N) is 2. The predicted octanol–water partition coefficient (Wildman–Crippen LogP) is 2.23. The van der Waals surface area contributed by atoms with Crippen molar-refractivity contribution in [1.82, 2.24) is 15.2 Å². The second-order valence-electron chi connectivity index (χ2n) is 4.72. The Morgan fingerprint density at radius 1 is 1.31 bits per heavy atom. The average Bonchev–Trinajstić information content (AvgIpc) is 2.78. The van der Waals surface area contributed by atoms with E-state index in [1.54, 1.807) is 0 Å². The number of thiazole rings is 1. The van der Waals surface area contributed by atoms with Crippen molar-refractivity contribution >= 4 is 11.3 Å². The van der Waals surface area contributed by atoms with Crippen LogP contribution in [0.15, 0.2) is 6.20 Å². The Balaban J connectivity index is 2.04. The van der Waals surface area contributed by atoms with Crippen LogP contribution in [-0.4, -0.2) is 36.1 Å². The van der Waals surface area contributed by atoms with Crippen LogP contribution in [0.25, 0.3) is 0 Å². The van der Waals surface area contributed by atoms with E-state index in [2.05, 4.69) is 36.0 Å². The molecule has 1 aliphatic heterocycles. The molecule has 0 bridgehead atoms. The lowest BCUT2D eigenvalue weighted by Gasteiger charge is -2.31. The molecule has 3 nitrogen and oxygen atoms in total. The van der Waals surface area contributed by atoms with Crippen LogP contribution in [0.1, 0.15) is 42.6 Å². The molecule has 1 fully saturated rings. The van der Waals surface area contributed by atoms with Gasteiger partial charge in [0.2, 0.25) is 0 Å². The van der Waals surface area contributed by atoms with Gasteiger partial charge in [0.05, 0.1) is 6.04 Å². The Kier molecular flexibility index (Phi) is 3.95. The maximum Gasteiger partial charge on any atom is 0.110 e. The minimum Gasteiger partial charge on any atom is -0.314 e. The van der Waals surface area contributed by atoms with E-state index in [9.17, 15) is 0 Å². The Morgan fingerprint density at radius 2 is 2.00 bits per heavy atom. The first-order valence-corrected chi connectivity index (χ1v) is 6.90. The van der Waals surface area contributed by atoms with Gasteiger partial charge in [0.1, 0.15) is 5.01 Å². The smallest absolute Gasteiger partial charge is 0.110 e. The fourth-order valence-electron chi connectivity index (χ4n) is 1.99. The van der Waals surface area contributed by atoms with Gasteiger partial charge in [-0.15, -0.1) is 11.3 Å². The number of piperazine rings is 1. The minimum absolute atomic E-state index is 0.472. The number of aromatic nitrogens is 1. The molecule has 1 aromatic rings. The van der Waals surface area contributed by atoms with Crippen LogP contribution < -0.4 is 5.32 Å². The van der Waals surface area contributed by atoms with Gasteiger partial charge in [0.15, 0.2) is 0 Å². The van der Waals surface area contributed by atoms with Crippen molar-refractivity contribution in [2.24, 2.45) is 0 Å². The molecule has 1 aliphatic rings. The molecular formula is C12H21N3S. The minimum atomic E-state index is 0.472. The quantitative estimate of drug-likeness (QED) is 0.877. The van der Waals surface area contributed by atoms with Crippen LogP contribution in [0.4, 0.5) is 0 Å². The topological polar surface area (TPSA) is 28.2 Å². The van der Waals surface area contributed by atoms with Crippen molar-refractivity contribution in [3.63, 3.8) is 0 Å². The molecule has 0 aromatic carbocycles. The van der Waals surface area contributed by atoms with Crippen molar-refractivity contribution in [3.05, 3.63) is 16.1 Å². The lowest BCUT2D eigenvalue weighted by atomic mass is 10.2. The molecule has 2 rings (SSSR count). The van der Waals surface area contributed by atoms with E-state index in [0.717, 1.165) is 26.2 Å². The van der Waals surface area contributed by atoms with E-state index in [1.165, 1.54) is 9.88 Å². The summed E-state index contributed by atoms with van der Waals surface area (Å²) < 4.78 is 0. The van der Waals surface area contributed by atoms with Crippen LogP contribution in [0.3, 0.4) is 0 Å². The summed E-state index contributed by atoms with van der Waals surface area (Å²) in [5.74, 6) is 0.599. The molecule has 0 spiro atoms. The highest BCUT2D eigenvalue weighted by molar-refractivity contribution is 7.11. The molecule has 2 heterocycles. The van der Waals surface area contributed by atoms with Gasteiger partial charge in [0, 0.05) is 37.3 Å². The van der Waals surface area contributed by atoms with Crippen LogP contribution in [0, 0.1) is 0 Å². The van der Waals surface area contributed by atoms with E-state index >= 15 is 0 Å². The standard InChI is InChI=1S/C12H21N3S/c1-9(2)11-8-14-12(16-11)10(3)15-6-4-13-5-7-15/h8-10,13H,4-7H2,1-3H3. The molecule has 90 valence electrons. The van der Waals surface area contributed by atoms with E-state index in [1.807, 2.05) is 17.5 Å². The third-order valence-corrected chi connectivity index (χ3v) is 4.64. The molecule has 16 heavy (non-hydrogen) atoms. The average molecular weight is 239 g/mol. The third kappa shape index (κ3) is 2.62. The number of nitrogens with one attached hydrogen (secondary N) is 1. The first-order chi connectivity index (χ1) is 7.68. The number of hydrogen-bond donors (Lipinski definition) is 1. The van der Waals surface area contributed by atoms with E-state index in [-0.39, 0.29) is 0 Å². The zero-order valence-corrected chi connectivity index (χ0v) is 11.2. The third-order valence-electron chi connectivity index (χ3n) is 3.17. The van der Waals surface area contributed by atoms with Crippen molar-refractivity contribution in [2.75, 3.05) is 26.2 Å². The molecule has 1 atom stereocenters. The Labute approximate surface area is 102 Å². The summed E-state index contributed by atoms with van der Waals surface area (Å²) in [5, 5.41) is 4.65. The highest BCUT2D eigenvalue weighted by Gasteiger charge is 2.20. The van der Waals surface area contributed by atoms with Crippen LogP contribution in [0.2, 0.25) is 0 Å². The molecule has 4 heteroatoms. The first kappa shape index (κ1) is 12.0. The van der Waals surface area contributed by atoms with E-state index < -0.39 is 0 Å². The molecule has 1 unspecified atom stereocenters. The molecule has 1 N–H and O–H groups in total. The summed E-state index contributed by atoms with van der Waals surface area (Å²) >= 11 is 1.87. The van der Waals surface area contributed by atoms with Crippen LogP contribution in [-0.2, 0) is 0 Å². The zero-order valence-electron chi connectivity index (χ0n) is 10.4. The SMILES string of the molecule is CC(C)c1cnc(C(C)N2CCNCC2)s1. The Hall–Kier alpha value is -0.450. The first-order valence-electron chi connectivity index (χ1n) is 6.09. The van der Waals surface area contributed by atoms with Gasteiger partial charge >= 0.3 is 0 Å². The maximum absolute atomic E-state index is 4.57. The van der Waals surface area contributed by atoms with Crippen molar-refractivity contribution < 1.29 is 0 Å². The van der Waals surface area contributed by atoms with Crippen LogP contribution >= 0.6 is 11.3 Å². The monoisotopic (exact) mass is 239 g/mol. The summed E-state index contributed by atoms with van der Waals surface area (Å²) in [4.78, 5) is 8.48. The summed E-state index contributed by atoms with van der Waals surface area (Å²) in [6.45, 7) is 11.2. The van der Waals surface area contributed by atoms with Gasteiger partial charge in [-0.1, -0.05) is 13.8 Å². The van der Waals surface area contributed by atoms with Crippen molar-refractivity contribution in [3.8, 4) is 0 Å². The lowest BCUT2D eigenvalue weighted by Crippen LogP contribution is -2.44. The molecule has 0 aliphatic carbocycles. The highest BCUT2D eigenvalue weighted by Crippen LogP contribution is 2.28. The van der Waals surface area contributed by atoms with Crippen molar-refractivity contribution in [2.45, 2.75) is 32.7 Å². The molecule has 0 amide bonds. The van der Waals surface area contributed by atoms with Gasteiger partial charge in [0.25, 0.3) is 0 Å². The van der Waals surface area contributed by atoms with E-state index in [0.29, 0.717) is 12.0 Å². The van der Waals surface area contributed by atoms with Gasteiger partial charge in [-0.05, 0) is 12.8 Å². The van der Waals surface area contributed by atoms with Gasteiger partial charge < -0.3 is 5.32 Å². The van der Waals surface area contributed by atoms with Gasteiger partial charge in [-0.3, -0.25) is 4.90 Å². The predicted molar refractivity (Wildman–Crippen MR) is 69.1 cm³/mol. The lowest BCUT2D eigenvalue weighted by molar-refractivity contribution is 0.185. The number of rotatable bonds is 3. The highest BCUT2D eigenvalue weighted by atomic mass is 32.1. The summed E-state index contributed by atoms with van der Waals surface area (Å²) in [6, 6.07) is 0.472. The normalized spacial score (nSPS) is 20.2. The molecule has 1 saturated heterocycles. The fourth-order valence-corrected chi connectivity index (χ4v) is 2.99. The van der Waals surface area contributed by atoms with Gasteiger partial charge in [-0.2, -0.15) is 0 Å². The number of hydrogen-bond acceptors (Lipinski definition) is 4. The molecule has 0 radical (unpaired) electrons. The largest absolute Gasteiger partial charge is 0.314 e. The Bertz CT molecular complexity index is 329. The second kappa shape index (κ2) is 5.25. The molecular weight excluding hydrogens is 218 g/mol. The summed E-state index contributed by atoms with van der Waals surface area (Å²) in [7, 11) is 0.